The molecule has 1 aromatic rings. The van der Waals surface area contributed by atoms with Crippen LogP contribution in [0.3, 0.4) is 0 Å². The molecule has 3 nitrogen and oxygen atoms in total. The second-order valence-corrected chi connectivity index (χ2v) is 2.77. The van der Waals surface area contributed by atoms with Gasteiger partial charge in [-0.15, -0.1) is 0 Å². The summed E-state index contributed by atoms with van der Waals surface area (Å²) in [7, 11) is 1.34. The highest BCUT2D eigenvalue weighted by Gasteiger charge is 2.05. The Bertz CT molecular complexity index is 460. The number of rotatable bonds is 2. The molecule has 0 atom stereocenters. The number of benzene rings is 1. The van der Waals surface area contributed by atoms with E-state index in [1.54, 1.807) is 18.2 Å². The second-order valence-electron chi connectivity index (χ2n) is 2.77. The van der Waals surface area contributed by atoms with Crippen molar-refractivity contribution in [1.29, 1.82) is 5.26 Å². The Morgan fingerprint density at radius 3 is 2.87 bits per heavy atom. The standard InChI is InChI=1S/C12H9NO2/c1-15-12(14)9-11-6-3-2-5-10(11)7-4-8-13/h2-3,5-6H,9H2,1H3. The molecule has 74 valence electrons. The molecule has 0 aliphatic heterocycles. The van der Waals surface area contributed by atoms with Gasteiger partial charge >= 0.3 is 5.97 Å². The third-order valence-electron chi connectivity index (χ3n) is 1.83. The molecule has 0 spiro atoms. The Morgan fingerprint density at radius 2 is 2.20 bits per heavy atom. The van der Waals surface area contributed by atoms with Crippen LogP contribution in [0.5, 0.6) is 0 Å². The summed E-state index contributed by atoms with van der Waals surface area (Å²) < 4.78 is 4.56. The number of carbonyl (C=O) groups excluding carboxylic acids is 1. The van der Waals surface area contributed by atoms with Crippen LogP contribution in [0.1, 0.15) is 11.1 Å². The van der Waals surface area contributed by atoms with E-state index in [2.05, 4.69) is 16.6 Å². The molecule has 3 heteroatoms. The van der Waals surface area contributed by atoms with E-state index in [1.807, 2.05) is 12.1 Å². The number of esters is 1. The van der Waals surface area contributed by atoms with Gasteiger partial charge in [0.05, 0.1) is 13.5 Å². The molecule has 0 radical (unpaired) electrons. The van der Waals surface area contributed by atoms with Gasteiger partial charge in [-0.1, -0.05) is 24.1 Å². The van der Waals surface area contributed by atoms with E-state index in [9.17, 15) is 4.79 Å². The van der Waals surface area contributed by atoms with Crippen LogP contribution in [-0.4, -0.2) is 13.1 Å². The van der Waals surface area contributed by atoms with Crippen molar-refractivity contribution in [3.05, 3.63) is 35.4 Å². The zero-order valence-electron chi connectivity index (χ0n) is 8.28. The van der Waals surface area contributed by atoms with Gasteiger partial charge in [0.2, 0.25) is 0 Å². The van der Waals surface area contributed by atoms with Gasteiger partial charge in [0, 0.05) is 11.5 Å². The van der Waals surface area contributed by atoms with E-state index in [-0.39, 0.29) is 12.4 Å². The molecule has 0 N–H and O–H groups in total. The van der Waals surface area contributed by atoms with E-state index in [4.69, 9.17) is 5.26 Å². The number of methoxy groups -OCH3 is 1. The minimum Gasteiger partial charge on any atom is -0.469 e. The Hall–Kier alpha value is -2.26. The summed E-state index contributed by atoms with van der Waals surface area (Å²) >= 11 is 0. The van der Waals surface area contributed by atoms with Gasteiger partial charge < -0.3 is 4.74 Å². The van der Waals surface area contributed by atoms with Crippen LogP contribution in [0, 0.1) is 23.2 Å². The maximum atomic E-state index is 11.1. The predicted octanol–water partition coefficient (Wildman–Crippen LogP) is 1.28. The molecule has 0 fully saturated rings. The lowest BCUT2D eigenvalue weighted by molar-refractivity contribution is -0.139. The maximum Gasteiger partial charge on any atom is 0.310 e. The Labute approximate surface area is 88.3 Å². The minimum absolute atomic E-state index is 0.173. The fourth-order valence-corrected chi connectivity index (χ4v) is 1.12. The SMILES string of the molecule is COC(=O)Cc1ccccc1C#CC#N. The Morgan fingerprint density at radius 1 is 1.47 bits per heavy atom. The fourth-order valence-electron chi connectivity index (χ4n) is 1.12. The molecule has 0 bridgehead atoms. The number of nitriles is 1. The smallest absolute Gasteiger partial charge is 0.310 e. The summed E-state index contributed by atoms with van der Waals surface area (Å²) in [6, 6.07) is 8.91. The number of hydrogen-bond donors (Lipinski definition) is 0. The van der Waals surface area contributed by atoms with Gasteiger partial charge in [-0.05, 0) is 11.6 Å². The third-order valence-corrected chi connectivity index (χ3v) is 1.83. The summed E-state index contributed by atoms with van der Waals surface area (Å²) in [5.41, 5.74) is 1.46. The van der Waals surface area contributed by atoms with E-state index < -0.39 is 0 Å². The average Bonchev–Trinajstić information content (AvgIpc) is 2.28. The summed E-state index contributed by atoms with van der Waals surface area (Å²) in [5, 5.41) is 8.33. The molecule has 1 aromatic carbocycles. The minimum atomic E-state index is -0.318. The molecule has 0 unspecified atom stereocenters. The quantitative estimate of drug-likeness (QED) is 0.532. The molecule has 0 amide bonds. The number of carbonyl (C=O) groups is 1. The van der Waals surface area contributed by atoms with Crippen LogP contribution < -0.4 is 0 Å². The lowest BCUT2D eigenvalue weighted by Gasteiger charge is -2.02. The molecule has 0 saturated carbocycles. The Balaban J connectivity index is 2.97. The lowest BCUT2D eigenvalue weighted by Crippen LogP contribution is -2.05. The first-order chi connectivity index (χ1) is 7.27. The highest BCUT2D eigenvalue weighted by Crippen LogP contribution is 2.08. The van der Waals surface area contributed by atoms with Crippen LogP contribution in [0.25, 0.3) is 0 Å². The van der Waals surface area contributed by atoms with Crippen molar-refractivity contribution < 1.29 is 9.53 Å². The molecule has 0 aliphatic rings. The normalized spacial score (nSPS) is 8.27. The molecule has 15 heavy (non-hydrogen) atoms. The molecule has 1 rings (SSSR count). The highest BCUT2D eigenvalue weighted by atomic mass is 16.5. The van der Waals surface area contributed by atoms with Crippen molar-refractivity contribution in [2.75, 3.05) is 7.11 Å². The third kappa shape index (κ3) is 3.17. The summed E-state index contributed by atoms with van der Waals surface area (Å²) in [6.07, 6.45) is 0.173. The zero-order valence-corrected chi connectivity index (χ0v) is 8.28. The molecule has 0 aliphatic carbocycles. The van der Waals surface area contributed by atoms with Crippen molar-refractivity contribution in [3.63, 3.8) is 0 Å². The van der Waals surface area contributed by atoms with Crippen LogP contribution in [0.15, 0.2) is 24.3 Å². The zero-order chi connectivity index (χ0) is 11.1. The van der Waals surface area contributed by atoms with Crippen LogP contribution in [0.2, 0.25) is 0 Å². The van der Waals surface area contributed by atoms with Gasteiger partial charge in [0.1, 0.15) is 0 Å². The van der Waals surface area contributed by atoms with Gasteiger partial charge in [-0.25, -0.2) is 0 Å². The first-order valence-electron chi connectivity index (χ1n) is 4.32. The van der Waals surface area contributed by atoms with Crippen molar-refractivity contribution in [3.8, 4) is 17.9 Å². The largest absolute Gasteiger partial charge is 0.469 e. The van der Waals surface area contributed by atoms with E-state index in [0.29, 0.717) is 5.56 Å². The maximum absolute atomic E-state index is 11.1. The van der Waals surface area contributed by atoms with Crippen LogP contribution in [0.4, 0.5) is 0 Å². The first kappa shape index (κ1) is 10.8. The lowest BCUT2D eigenvalue weighted by atomic mass is 10.1. The van der Waals surface area contributed by atoms with Gasteiger partial charge in [-0.3, -0.25) is 4.79 Å². The number of ether oxygens (including phenoxy) is 1. The van der Waals surface area contributed by atoms with E-state index >= 15 is 0 Å². The second kappa shape index (κ2) is 5.47. The molecule has 0 heterocycles. The molecular formula is C12H9NO2. The summed E-state index contributed by atoms with van der Waals surface area (Å²) in [5.74, 6) is 4.65. The fraction of sp³-hybridized carbons (Fsp3) is 0.167. The van der Waals surface area contributed by atoms with Crippen molar-refractivity contribution in [2.45, 2.75) is 6.42 Å². The van der Waals surface area contributed by atoms with Crippen LogP contribution in [-0.2, 0) is 16.0 Å². The topological polar surface area (TPSA) is 50.1 Å². The van der Waals surface area contributed by atoms with Gasteiger partial charge in [-0.2, -0.15) is 5.26 Å². The highest BCUT2D eigenvalue weighted by molar-refractivity contribution is 5.73. The monoisotopic (exact) mass is 199 g/mol. The van der Waals surface area contributed by atoms with Gasteiger partial charge in [0.25, 0.3) is 0 Å². The first-order valence-corrected chi connectivity index (χ1v) is 4.32. The van der Waals surface area contributed by atoms with E-state index in [0.717, 1.165) is 5.56 Å². The van der Waals surface area contributed by atoms with Gasteiger partial charge in [0.15, 0.2) is 6.07 Å². The Kier molecular flexibility index (Phi) is 3.94. The van der Waals surface area contributed by atoms with Crippen molar-refractivity contribution in [1.82, 2.24) is 0 Å². The predicted molar refractivity (Wildman–Crippen MR) is 54.7 cm³/mol. The van der Waals surface area contributed by atoms with Crippen molar-refractivity contribution >= 4 is 5.97 Å². The summed E-state index contributed by atoms with van der Waals surface area (Å²) in [4.78, 5) is 11.1. The van der Waals surface area contributed by atoms with Crippen molar-refractivity contribution in [2.24, 2.45) is 0 Å². The average molecular weight is 199 g/mol. The van der Waals surface area contributed by atoms with E-state index in [1.165, 1.54) is 7.11 Å². The number of nitrogens with zero attached hydrogens (tertiary/aromatic N) is 1. The molecule has 0 aromatic heterocycles. The van der Waals surface area contributed by atoms with Crippen LogP contribution >= 0.6 is 0 Å². The number of hydrogen-bond acceptors (Lipinski definition) is 3. The molecule has 0 saturated heterocycles. The molecular weight excluding hydrogens is 190 g/mol. The summed E-state index contributed by atoms with van der Waals surface area (Å²) in [6.45, 7) is 0.